The first-order chi connectivity index (χ1) is 12.4. The molecular formula is C22H33NO3S. The first-order valence-corrected chi connectivity index (χ1v) is 10.4. The number of nitrogens with zero attached hydrogens (tertiary/aromatic N) is 1. The highest BCUT2D eigenvalue weighted by molar-refractivity contribution is 8.04. The minimum atomic E-state index is -0.183. The smallest absolute Gasteiger partial charge is 0.261 e. The van der Waals surface area contributed by atoms with Crippen LogP contribution in [0.5, 0.6) is 5.75 Å². The number of phenolic OH excluding ortho intramolecular Hbond substituents is 1. The van der Waals surface area contributed by atoms with Crippen molar-refractivity contribution < 1.29 is 14.6 Å². The quantitative estimate of drug-likeness (QED) is 0.573. The highest BCUT2D eigenvalue weighted by atomic mass is 32.2. The molecule has 1 heterocycles. The number of aromatic hydroxyl groups is 1. The van der Waals surface area contributed by atoms with E-state index in [4.69, 9.17) is 4.74 Å². The summed E-state index contributed by atoms with van der Waals surface area (Å²) in [5, 5.41) is 10.8. The van der Waals surface area contributed by atoms with Gasteiger partial charge in [-0.15, -0.1) is 0 Å². The summed E-state index contributed by atoms with van der Waals surface area (Å²) < 4.78 is 5.08. The Labute approximate surface area is 168 Å². The van der Waals surface area contributed by atoms with Crippen LogP contribution in [0, 0.1) is 0 Å². The molecule has 0 saturated carbocycles. The number of thioether (sulfide) groups is 1. The molecule has 1 fully saturated rings. The highest BCUT2D eigenvalue weighted by Gasteiger charge is 2.29. The molecule has 1 saturated heterocycles. The van der Waals surface area contributed by atoms with Crippen LogP contribution in [0.1, 0.15) is 64.7 Å². The predicted molar refractivity (Wildman–Crippen MR) is 114 cm³/mol. The maximum Gasteiger partial charge on any atom is 0.261 e. The standard InChI is InChI=1S/C22H33NO3S/c1-21(2,3)16-11-15(12-17(19(16)24)22(4,5)6)13-18-20(25)23(14-27-18)9-8-10-26-7/h11-13,24H,8-10,14H2,1-7H3/b18-13+. The van der Waals surface area contributed by atoms with Crippen molar-refractivity contribution >= 4 is 23.7 Å². The van der Waals surface area contributed by atoms with Crippen molar-refractivity contribution in [3.8, 4) is 5.75 Å². The Morgan fingerprint density at radius 2 is 1.70 bits per heavy atom. The second-order valence-corrected chi connectivity index (χ2v) is 10.1. The lowest BCUT2D eigenvalue weighted by molar-refractivity contribution is -0.124. The molecule has 1 aromatic carbocycles. The van der Waals surface area contributed by atoms with Crippen molar-refractivity contribution in [3.05, 3.63) is 33.7 Å². The van der Waals surface area contributed by atoms with Crippen LogP contribution in [0.15, 0.2) is 17.0 Å². The third-order valence-electron chi connectivity index (χ3n) is 4.70. The Morgan fingerprint density at radius 1 is 1.15 bits per heavy atom. The number of rotatable bonds is 5. The van der Waals surface area contributed by atoms with Crippen LogP contribution < -0.4 is 0 Å². The molecular weight excluding hydrogens is 358 g/mol. The van der Waals surface area contributed by atoms with Gasteiger partial charge in [0.05, 0.1) is 10.8 Å². The predicted octanol–water partition coefficient (Wildman–Crippen LogP) is 4.90. The summed E-state index contributed by atoms with van der Waals surface area (Å²) in [6.07, 6.45) is 2.81. The highest BCUT2D eigenvalue weighted by Crippen LogP contribution is 2.41. The van der Waals surface area contributed by atoms with Gasteiger partial charge in [0, 0.05) is 31.4 Å². The van der Waals surface area contributed by atoms with Gasteiger partial charge >= 0.3 is 0 Å². The number of hydrogen-bond acceptors (Lipinski definition) is 4. The second-order valence-electron chi connectivity index (χ2n) is 9.16. The number of carbonyl (C=O) groups excluding carboxylic acids is 1. The lowest BCUT2D eigenvalue weighted by Gasteiger charge is -2.28. The lowest BCUT2D eigenvalue weighted by Crippen LogP contribution is -2.26. The largest absolute Gasteiger partial charge is 0.507 e. The molecule has 0 radical (unpaired) electrons. The van der Waals surface area contributed by atoms with Crippen molar-refractivity contribution in [3.63, 3.8) is 0 Å². The minimum absolute atomic E-state index is 0.0822. The first kappa shape index (κ1) is 21.8. The summed E-state index contributed by atoms with van der Waals surface area (Å²) in [7, 11) is 1.68. The summed E-state index contributed by atoms with van der Waals surface area (Å²) in [6, 6.07) is 4.03. The molecule has 0 aromatic heterocycles. The van der Waals surface area contributed by atoms with Crippen molar-refractivity contribution in [2.75, 3.05) is 26.1 Å². The van der Waals surface area contributed by atoms with E-state index in [-0.39, 0.29) is 16.7 Å². The number of methoxy groups -OCH3 is 1. The number of hydrogen-bond donors (Lipinski definition) is 1. The number of carbonyl (C=O) groups is 1. The van der Waals surface area contributed by atoms with E-state index in [1.807, 2.05) is 23.1 Å². The molecule has 1 aliphatic rings. The summed E-state index contributed by atoms with van der Waals surface area (Å²) in [6.45, 7) is 14.0. The molecule has 0 bridgehead atoms. The van der Waals surface area contributed by atoms with Gasteiger partial charge in [0.25, 0.3) is 5.91 Å². The van der Waals surface area contributed by atoms with Gasteiger partial charge in [-0.05, 0) is 41.0 Å². The first-order valence-electron chi connectivity index (χ1n) is 9.46. The van der Waals surface area contributed by atoms with Gasteiger partial charge in [0.2, 0.25) is 0 Å². The monoisotopic (exact) mass is 391 g/mol. The van der Waals surface area contributed by atoms with E-state index in [9.17, 15) is 9.90 Å². The van der Waals surface area contributed by atoms with Crippen LogP contribution >= 0.6 is 11.8 Å². The summed E-state index contributed by atoms with van der Waals surface area (Å²) in [4.78, 5) is 15.3. The lowest BCUT2D eigenvalue weighted by atomic mass is 9.78. The van der Waals surface area contributed by atoms with E-state index in [1.165, 1.54) is 0 Å². The Kier molecular flexibility index (Phi) is 6.69. The number of amides is 1. The molecule has 150 valence electrons. The Morgan fingerprint density at radius 3 is 2.19 bits per heavy atom. The Balaban J connectivity index is 2.39. The number of benzene rings is 1. The van der Waals surface area contributed by atoms with Crippen LogP contribution in [0.3, 0.4) is 0 Å². The molecule has 1 N–H and O–H groups in total. The van der Waals surface area contributed by atoms with E-state index in [2.05, 4.69) is 41.5 Å². The maximum absolute atomic E-state index is 12.7. The normalized spacial score (nSPS) is 17.2. The van der Waals surface area contributed by atoms with Crippen molar-refractivity contribution in [2.45, 2.75) is 58.8 Å². The van der Waals surface area contributed by atoms with Gasteiger partial charge in [-0.1, -0.05) is 53.3 Å². The molecule has 2 rings (SSSR count). The van der Waals surface area contributed by atoms with Gasteiger partial charge in [0.1, 0.15) is 5.75 Å². The Bertz CT molecular complexity index is 691. The molecule has 0 atom stereocenters. The minimum Gasteiger partial charge on any atom is -0.507 e. The molecule has 4 nitrogen and oxygen atoms in total. The van der Waals surface area contributed by atoms with Crippen LogP contribution in [-0.4, -0.2) is 42.1 Å². The van der Waals surface area contributed by atoms with Crippen LogP contribution in [0.4, 0.5) is 0 Å². The van der Waals surface area contributed by atoms with Gasteiger partial charge in [0.15, 0.2) is 0 Å². The molecule has 1 aromatic rings. The fraction of sp³-hybridized carbons (Fsp3) is 0.591. The average molecular weight is 392 g/mol. The molecule has 0 unspecified atom stereocenters. The van der Waals surface area contributed by atoms with E-state index in [0.717, 1.165) is 28.0 Å². The SMILES string of the molecule is COCCCN1CS/C(=C/c2cc(C(C)(C)C)c(O)c(C(C)(C)C)c2)C1=O. The average Bonchev–Trinajstić information content (AvgIpc) is 2.87. The fourth-order valence-electron chi connectivity index (χ4n) is 3.13. The van der Waals surface area contributed by atoms with E-state index >= 15 is 0 Å². The fourth-order valence-corrected chi connectivity index (χ4v) is 4.14. The van der Waals surface area contributed by atoms with Gasteiger partial charge < -0.3 is 14.7 Å². The van der Waals surface area contributed by atoms with E-state index < -0.39 is 0 Å². The third kappa shape index (κ3) is 5.29. The summed E-state index contributed by atoms with van der Waals surface area (Å²) >= 11 is 1.58. The van der Waals surface area contributed by atoms with E-state index in [0.29, 0.717) is 24.8 Å². The van der Waals surface area contributed by atoms with Crippen LogP contribution in [0.2, 0.25) is 0 Å². The molecule has 0 spiro atoms. The van der Waals surface area contributed by atoms with Gasteiger partial charge in [-0.25, -0.2) is 0 Å². The molecule has 27 heavy (non-hydrogen) atoms. The van der Waals surface area contributed by atoms with E-state index in [1.54, 1.807) is 18.9 Å². The van der Waals surface area contributed by atoms with Crippen molar-refractivity contribution in [1.82, 2.24) is 4.90 Å². The molecule has 1 aliphatic heterocycles. The zero-order chi connectivity index (χ0) is 20.4. The zero-order valence-electron chi connectivity index (χ0n) is 17.7. The van der Waals surface area contributed by atoms with Crippen molar-refractivity contribution in [1.29, 1.82) is 0 Å². The summed E-state index contributed by atoms with van der Waals surface area (Å²) in [5.74, 6) is 1.13. The van der Waals surface area contributed by atoms with Crippen LogP contribution in [-0.2, 0) is 20.4 Å². The summed E-state index contributed by atoms with van der Waals surface area (Å²) in [5.41, 5.74) is 2.43. The Hall–Kier alpha value is -1.46. The van der Waals surface area contributed by atoms with Crippen LogP contribution in [0.25, 0.3) is 6.08 Å². The topological polar surface area (TPSA) is 49.8 Å². The third-order valence-corrected chi connectivity index (χ3v) is 5.74. The second kappa shape index (κ2) is 8.27. The van der Waals surface area contributed by atoms with Gasteiger partial charge in [-0.2, -0.15) is 0 Å². The van der Waals surface area contributed by atoms with Gasteiger partial charge in [-0.3, -0.25) is 4.79 Å². The maximum atomic E-state index is 12.7. The molecule has 0 aliphatic carbocycles. The number of ether oxygens (including phenoxy) is 1. The number of phenols is 1. The molecule has 5 heteroatoms. The molecule has 1 amide bonds. The van der Waals surface area contributed by atoms with Crippen molar-refractivity contribution in [2.24, 2.45) is 0 Å². The zero-order valence-corrected chi connectivity index (χ0v) is 18.5.